The van der Waals surface area contributed by atoms with Crippen LogP contribution < -0.4 is 10.6 Å². The molecule has 1 aliphatic carbocycles. The predicted octanol–water partition coefficient (Wildman–Crippen LogP) is 2.54. The molecule has 2 unspecified atom stereocenters. The molecule has 6 nitrogen and oxygen atoms in total. The summed E-state index contributed by atoms with van der Waals surface area (Å²) in [4.78, 5) is 26.3. The Bertz CT molecular complexity index is 618. The van der Waals surface area contributed by atoms with E-state index in [2.05, 4.69) is 10.6 Å². The molecule has 2 atom stereocenters. The average molecular weight is 359 g/mol. The number of ether oxygens (including phenoxy) is 1. The lowest BCUT2D eigenvalue weighted by Gasteiger charge is -2.35. The number of hydrogen-bond donors (Lipinski definition) is 2. The quantitative estimate of drug-likeness (QED) is 0.849. The summed E-state index contributed by atoms with van der Waals surface area (Å²) in [6, 6.07) is 7.32. The van der Waals surface area contributed by atoms with Gasteiger partial charge in [0.1, 0.15) is 0 Å². The van der Waals surface area contributed by atoms with Crippen molar-refractivity contribution >= 4 is 11.9 Å². The van der Waals surface area contributed by atoms with Gasteiger partial charge in [0.25, 0.3) is 5.91 Å². The van der Waals surface area contributed by atoms with Crippen LogP contribution in [0.25, 0.3) is 0 Å². The Hall–Kier alpha value is -2.08. The molecule has 2 aliphatic rings. The largest absolute Gasteiger partial charge is 0.372 e. The van der Waals surface area contributed by atoms with E-state index in [1.54, 1.807) is 0 Å². The van der Waals surface area contributed by atoms with Crippen LogP contribution in [0, 0.1) is 5.92 Å². The lowest BCUT2D eigenvalue weighted by Crippen LogP contribution is -2.48. The molecule has 1 saturated carbocycles. The lowest BCUT2D eigenvalue weighted by atomic mass is 9.85. The van der Waals surface area contributed by atoms with Crippen LogP contribution in [-0.4, -0.2) is 48.7 Å². The van der Waals surface area contributed by atoms with Crippen molar-refractivity contribution in [2.75, 3.05) is 19.6 Å². The van der Waals surface area contributed by atoms with E-state index in [4.69, 9.17) is 4.74 Å². The molecule has 142 valence electrons. The molecule has 0 radical (unpaired) electrons. The van der Waals surface area contributed by atoms with E-state index in [1.807, 2.05) is 43.0 Å². The van der Waals surface area contributed by atoms with Crippen LogP contribution in [0.2, 0.25) is 0 Å². The third-order valence-corrected chi connectivity index (χ3v) is 5.14. The second-order valence-corrected chi connectivity index (χ2v) is 7.52. The molecular weight excluding hydrogens is 330 g/mol. The molecule has 1 aromatic rings. The first-order chi connectivity index (χ1) is 12.5. The second-order valence-electron chi connectivity index (χ2n) is 7.52. The maximum atomic E-state index is 12.6. The zero-order valence-electron chi connectivity index (χ0n) is 15.7. The van der Waals surface area contributed by atoms with Crippen molar-refractivity contribution in [2.45, 2.75) is 51.9 Å². The summed E-state index contributed by atoms with van der Waals surface area (Å²) in [7, 11) is 0. The van der Waals surface area contributed by atoms with E-state index in [-0.39, 0.29) is 24.1 Å². The number of nitrogens with zero attached hydrogens (tertiary/aromatic N) is 1. The number of urea groups is 1. The number of amides is 3. The van der Waals surface area contributed by atoms with Crippen LogP contribution in [0.4, 0.5) is 4.79 Å². The van der Waals surface area contributed by atoms with E-state index in [9.17, 15) is 9.59 Å². The fourth-order valence-electron chi connectivity index (χ4n) is 3.47. The van der Waals surface area contributed by atoms with Crippen LogP contribution >= 0.6 is 0 Å². The van der Waals surface area contributed by atoms with Gasteiger partial charge in [-0.25, -0.2) is 4.79 Å². The van der Waals surface area contributed by atoms with Gasteiger partial charge in [-0.2, -0.15) is 0 Å². The molecule has 3 rings (SSSR count). The molecule has 0 spiro atoms. The van der Waals surface area contributed by atoms with E-state index < -0.39 is 0 Å². The van der Waals surface area contributed by atoms with Crippen LogP contribution in [0.1, 0.15) is 49.0 Å². The highest BCUT2D eigenvalue weighted by atomic mass is 16.5. The Kier molecular flexibility index (Phi) is 6.14. The van der Waals surface area contributed by atoms with E-state index >= 15 is 0 Å². The van der Waals surface area contributed by atoms with Crippen molar-refractivity contribution in [3.8, 4) is 0 Å². The predicted molar refractivity (Wildman–Crippen MR) is 99.9 cm³/mol. The standard InChI is InChI=1S/C20H29N3O3/c1-14-12-23(13-15(2)26-14)19(24)18-8-6-17(7-9-18)11-22-20(25)21-10-16-4-3-5-16/h6-9,14-16H,3-5,10-13H2,1-2H3,(H2,21,22,25). The van der Waals surface area contributed by atoms with Gasteiger partial charge >= 0.3 is 6.03 Å². The molecular formula is C20H29N3O3. The molecule has 2 fully saturated rings. The van der Waals surface area contributed by atoms with Gasteiger partial charge in [-0.3, -0.25) is 4.79 Å². The Labute approximate surface area is 155 Å². The Morgan fingerprint density at radius 3 is 2.31 bits per heavy atom. The number of carbonyl (C=O) groups is 2. The van der Waals surface area contributed by atoms with Crippen molar-refractivity contribution in [1.29, 1.82) is 0 Å². The van der Waals surface area contributed by atoms with Crippen LogP contribution in [0.3, 0.4) is 0 Å². The minimum atomic E-state index is -0.131. The number of hydrogen-bond acceptors (Lipinski definition) is 3. The van der Waals surface area contributed by atoms with Crippen molar-refractivity contribution in [3.63, 3.8) is 0 Å². The Morgan fingerprint density at radius 1 is 1.08 bits per heavy atom. The number of benzene rings is 1. The third kappa shape index (κ3) is 4.97. The number of nitrogens with one attached hydrogen (secondary N) is 2. The van der Waals surface area contributed by atoms with Gasteiger partial charge in [0.2, 0.25) is 0 Å². The molecule has 1 aliphatic heterocycles. The fourth-order valence-corrected chi connectivity index (χ4v) is 3.47. The van der Waals surface area contributed by atoms with Crippen LogP contribution in [0.15, 0.2) is 24.3 Å². The SMILES string of the molecule is CC1CN(C(=O)c2ccc(CNC(=O)NCC3CCC3)cc2)CC(C)O1. The lowest BCUT2D eigenvalue weighted by molar-refractivity contribution is -0.0586. The first-order valence-electron chi connectivity index (χ1n) is 9.56. The minimum Gasteiger partial charge on any atom is -0.372 e. The van der Waals surface area contributed by atoms with Gasteiger partial charge < -0.3 is 20.3 Å². The smallest absolute Gasteiger partial charge is 0.315 e. The van der Waals surface area contributed by atoms with Gasteiger partial charge in [-0.1, -0.05) is 18.6 Å². The highest BCUT2D eigenvalue weighted by molar-refractivity contribution is 5.94. The van der Waals surface area contributed by atoms with Gasteiger partial charge in [0.15, 0.2) is 0 Å². The molecule has 3 amide bonds. The maximum absolute atomic E-state index is 12.6. The topological polar surface area (TPSA) is 70.7 Å². The maximum Gasteiger partial charge on any atom is 0.315 e. The summed E-state index contributed by atoms with van der Waals surface area (Å²) in [5.41, 5.74) is 1.65. The van der Waals surface area contributed by atoms with E-state index in [1.165, 1.54) is 19.3 Å². The highest BCUT2D eigenvalue weighted by Crippen LogP contribution is 2.25. The van der Waals surface area contributed by atoms with Crippen molar-refractivity contribution in [3.05, 3.63) is 35.4 Å². The van der Waals surface area contributed by atoms with Crippen LogP contribution in [0.5, 0.6) is 0 Å². The van der Waals surface area contributed by atoms with Gasteiger partial charge in [0.05, 0.1) is 12.2 Å². The summed E-state index contributed by atoms with van der Waals surface area (Å²) < 4.78 is 5.68. The van der Waals surface area contributed by atoms with Gasteiger partial charge in [-0.05, 0) is 50.3 Å². The average Bonchev–Trinajstić information content (AvgIpc) is 2.57. The molecule has 26 heavy (non-hydrogen) atoms. The Morgan fingerprint density at radius 2 is 1.73 bits per heavy atom. The molecule has 1 saturated heterocycles. The van der Waals surface area contributed by atoms with Crippen molar-refractivity contribution < 1.29 is 14.3 Å². The molecule has 0 bridgehead atoms. The summed E-state index contributed by atoms with van der Waals surface area (Å²) in [6.07, 6.45) is 3.84. The molecule has 2 N–H and O–H groups in total. The first-order valence-corrected chi connectivity index (χ1v) is 9.56. The number of carbonyl (C=O) groups excluding carboxylic acids is 2. The second kappa shape index (κ2) is 8.54. The van der Waals surface area contributed by atoms with E-state index in [0.29, 0.717) is 31.1 Å². The zero-order chi connectivity index (χ0) is 18.5. The van der Waals surface area contributed by atoms with Crippen molar-refractivity contribution in [1.82, 2.24) is 15.5 Å². The normalized spacial score (nSPS) is 23.2. The molecule has 0 aromatic heterocycles. The van der Waals surface area contributed by atoms with Crippen LogP contribution in [-0.2, 0) is 11.3 Å². The zero-order valence-corrected chi connectivity index (χ0v) is 15.7. The third-order valence-electron chi connectivity index (χ3n) is 5.14. The summed E-state index contributed by atoms with van der Waals surface area (Å²) in [5, 5.41) is 5.78. The van der Waals surface area contributed by atoms with Crippen molar-refractivity contribution in [2.24, 2.45) is 5.92 Å². The molecule has 1 aromatic carbocycles. The summed E-state index contributed by atoms with van der Waals surface area (Å²) in [5.74, 6) is 0.682. The van der Waals surface area contributed by atoms with Gasteiger partial charge in [0, 0.05) is 31.7 Å². The fraction of sp³-hybridized carbons (Fsp3) is 0.600. The van der Waals surface area contributed by atoms with Gasteiger partial charge in [-0.15, -0.1) is 0 Å². The summed E-state index contributed by atoms with van der Waals surface area (Å²) >= 11 is 0. The molecule has 1 heterocycles. The first kappa shape index (κ1) is 18.7. The highest BCUT2D eigenvalue weighted by Gasteiger charge is 2.26. The van der Waals surface area contributed by atoms with E-state index in [0.717, 1.165) is 12.1 Å². The monoisotopic (exact) mass is 359 g/mol. The molecule has 6 heteroatoms. The minimum absolute atomic E-state index is 0.0322. The number of rotatable bonds is 5. The Balaban J connectivity index is 1.46. The number of morpholine rings is 1. The summed E-state index contributed by atoms with van der Waals surface area (Å²) in [6.45, 7) is 6.43.